The van der Waals surface area contributed by atoms with Crippen molar-refractivity contribution in [2.24, 2.45) is 10.2 Å². The second-order valence-corrected chi connectivity index (χ2v) is 5.98. The van der Waals surface area contributed by atoms with Gasteiger partial charge in [-0.05, 0) is 55.5 Å². The van der Waals surface area contributed by atoms with E-state index in [1.807, 2.05) is 24.3 Å². The van der Waals surface area contributed by atoms with Gasteiger partial charge in [0.15, 0.2) is 0 Å². The van der Waals surface area contributed by atoms with Crippen molar-refractivity contribution in [1.82, 2.24) is 0 Å². The quantitative estimate of drug-likeness (QED) is 0.344. The van der Waals surface area contributed by atoms with Crippen LogP contribution in [0.5, 0.6) is 0 Å². The van der Waals surface area contributed by atoms with Crippen molar-refractivity contribution in [3.8, 4) is 0 Å². The monoisotopic (exact) mass is 400 g/mol. The summed E-state index contributed by atoms with van der Waals surface area (Å²) in [5, 5.41) is 8.88. The fraction of sp³-hybridized carbons (Fsp3) is 0.111. The topological polar surface area (TPSA) is 81.2 Å². The molecule has 6 nitrogen and oxygen atoms in total. The predicted molar refractivity (Wildman–Crippen MR) is 96.8 cm³/mol. The maximum Gasteiger partial charge on any atom is 0.351 e. The van der Waals surface area contributed by atoms with Gasteiger partial charge in [0.05, 0.1) is 18.0 Å². The average Bonchev–Trinajstić information content (AvgIpc) is 2.61. The Morgan fingerprint density at radius 1 is 1.08 bits per heavy atom. The standard InChI is InChI=1S/C18H13BrN2O4/c1-2-24-17(22)15-10-11-9-14(7-8-16(11)25-18(15)23)21-20-13-5-3-12(19)4-6-13/h3-10H,2H2,1H3. The summed E-state index contributed by atoms with van der Waals surface area (Å²) in [6, 6.07) is 13.8. The fourth-order valence-corrected chi connectivity index (χ4v) is 2.41. The zero-order valence-corrected chi connectivity index (χ0v) is 14.8. The van der Waals surface area contributed by atoms with Gasteiger partial charge >= 0.3 is 11.6 Å². The van der Waals surface area contributed by atoms with Crippen LogP contribution in [0.4, 0.5) is 11.4 Å². The molecule has 1 heterocycles. The van der Waals surface area contributed by atoms with Gasteiger partial charge in [-0.15, -0.1) is 0 Å². The third-order valence-corrected chi connectivity index (χ3v) is 3.85. The van der Waals surface area contributed by atoms with Gasteiger partial charge in [0.25, 0.3) is 0 Å². The summed E-state index contributed by atoms with van der Waals surface area (Å²) in [4.78, 5) is 23.7. The van der Waals surface area contributed by atoms with E-state index in [0.29, 0.717) is 22.3 Å². The number of esters is 1. The van der Waals surface area contributed by atoms with Crippen molar-refractivity contribution in [3.63, 3.8) is 0 Å². The summed E-state index contributed by atoms with van der Waals surface area (Å²) in [5.41, 5.74) is 0.765. The molecule has 0 N–H and O–H groups in total. The Morgan fingerprint density at radius 3 is 2.48 bits per heavy atom. The Balaban J connectivity index is 1.95. The van der Waals surface area contributed by atoms with Crippen molar-refractivity contribution in [2.75, 3.05) is 6.61 Å². The molecule has 3 aromatic rings. The molecule has 0 spiro atoms. The van der Waals surface area contributed by atoms with Gasteiger partial charge in [0.2, 0.25) is 0 Å². The molecule has 1 aromatic heterocycles. The first-order chi connectivity index (χ1) is 12.1. The van der Waals surface area contributed by atoms with E-state index in [9.17, 15) is 9.59 Å². The van der Waals surface area contributed by atoms with Gasteiger partial charge in [-0.3, -0.25) is 0 Å². The van der Waals surface area contributed by atoms with Gasteiger partial charge in [-0.2, -0.15) is 10.2 Å². The van der Waals surface area contributed by atoms with Crippen LogP contribution in [-0.2, 0) is 4.74 Å². The van der Waals surface area contributed by atoms with E-state index in [1.54, 1.807) is 25.1 Å². The molecule has 126 valence electrons. The van der Waals surface area contributed by atoms with Gasteiger partial charge in [-0.25, -0.2) is 9.59 Å². The minimum absolute atomic E-state index is 0.142. The number of halogens is 1. The van der Waals surface area contributed by atoms with Crippen LogP contribution >= 0.6 is 15.9 Å². The highest BCUT2D eigenvalue weighted by atomic mass is 79.9. The van der Waals surface area contributed by atoms with E-state index in [0.717, 1.165) is 4.47 Å². The first-order valence-corrected chi connectivity index (χ1v) is 8.28. The van der Waals surface area contributed by atoms with Crippen LogP contribution in [0.3, 0.4) is 0 Å². The van der Waals surface area contributed by atoms with Crippen LogP contribution in [0.25, 0.3) is 11.0 Å². The lowest BCUT2D eigenvalue weighted by Gasteiger charge is -2.02. The normalized spacial score (nSPS) is 11.1. The molecule has 0 bridgehead atoms. The molecule has 0 aliphatic heterocycles. The lowest BCUT2D eigenvalue weighted by Crippen LogP contribution is -2.16. The number of hydrogen-bond donors (Lipinski definition) is 0. The van der Waals surface area contributed by atoms with Gasteiger partial charge in [0.1, 0.15) is 11.1 Å². The summed E-state index contributed by atoms with van der Waals surface area (Å²) in [6.07, 6.45) is 0. The molecule has 0 fully saturated rings. The number of azo groups is 1. The molecule has 0 unspecified atom stereocenters. The number of fused-ring (bicyclic) bond motifs is 1. The SMILES string of the molecule is CCOC(=O)c1cc2cc(N=Nc3ccc(Br)cc3)ccc2oc1=O. The Morgan fingerprint density at radius 2 is 1.76 bits per heavy atom. The molecular formula is C18H13BrN2O4. The summed E-state index contributed by atoms with van der Waals surface area (Å²) in [7, 11) is 0. The third kappa shape index (κ3) is 4.00. The average molecular weight is 401 g/mol. The van der Waals surface area contributed by atoms with Gasteiger partial charge in [0, 0.05) is 9.86 Å². The molecule has 0 atom stereocenters. The molecule has 25 heavy (non-hydrogen) atoms. The van der Waals surface area contributed by atoms with E-state index in [4.69, 9.17) is 9.15 Å². The van der Waals surface area contributed by atoms with Crippen molar-refractivity contribution in [3.05, 3.63) is 69.0 Å². The number of carbonyl (C=O) groups excluding carboxylic acids is 1. The number of ether oxygens (including phenoxy) is 1. The van der Waals surface area contributed by atoms with Crippen LogP contribution in [0.15, 0.2) is 72.4 Å². The highest BCUT2D eigenvalue weighted by Gasteiger charge is 2.14. The summed E-state index contributed by atoms with van der Waals surface area (Å²) in [5.74, 6) is -0.708. The maximum atomic E-state index is 11.9. The predicted octanol–water partition coefficient (Wildman–Crippen LogP) is 5.15. The van der Waals surface area contributed by atoms with Crippen molar-refractivity contribution >= 4 is 44.2 Å². The number of benzene rings is 2. The van der Waals surface area contributed by atoms with E-state index >= 15 is 0 Å². The van der Waals surface area contributed by atoms with E-state index in [1.165, 1.54) is 6.07 Å². The van der Waals surface area contributed by atoms with E-state index in [-0.39, 0.29) is 12.2 Å². The molecule has 0 amide bonds. The minimum Gasteiger partial charge on any atom is -0.462 e. The zero-order valence-electron chi connectivity index (χ0n) is 13.2. The molecule has 0 saturated heterocycles. The molecular weight excluding hydrogens is 388 g/mol. The molecule has 7 heteroatoms. The van der Waals surface area contributed by atoms with Crippen LogP contribution in [0.1, 0.15) is 17.3 Å². The van der Waals surface area contributed by atoms with Gasteiger partial charge in [-0.1, -0.05) is 15.9 Å². The fourth-order valence-electron chi connectivity index (χ4n) is 2.15. The van der Waals surface area contributed by atoms with Crippen LogP contribution in [0.2, 0.25) is 0 Å². The molecule has 0 aliphatic carbocycles. The lowest BCUT2D eigenvalue weighted by molar-refractivity contribution is 0.0522. The van der Waals surface area contributed by atoms with E-state index < -0.39 is 11.6 Å². The van der Waals surface area contributed by atoms with E-state index in [2.05, 4.69) is 26.2 Å². The smallest absolute Gasteiger partial charge is 0.351 e. The van der Waals surface area contributed by atoms with Gasteiger partial charge < -0.3 is 9.15 Å². The zero-order chi connectivity index (χ0) is 17.8. The largest absolute Gasteiger partial charge is 0.462 e. The number of carbonyl (C=O) groups is 1. The molecule has 0 saturated carbocycles. The first-order valence-electron chi connectivity index (χ1n) is 7.49. The maximum absolute atomic E-state index is 11.9. The Bertz CT molecular complexity index is 1010. The third-order valence-electron chi connectivity index (χ3n) is 3.32. The number of hydrogen-bond acceptors (Lipinski definition) is 6. The Labute approximate surface area is 151 Å². The summed E-state index contributed by atoms with van der Waals surface area (Å²) < 4.78 is 11.0. The van der Waals surface area contributed by atoms with Crippen molar-refractivity contribution in [2.45, 2.75) is 6.92 Å². The highest BCUT2D eigenvalue weighted by Crippen LogP contribution is 2.24. The molecule has 2 aromatic carbocycles. The second kappa shape index (κ2) is 7.40. The second-order valence-electron chi connectivity index (χ2n) is 5.07. The van der Waals surface area contributed by atoms with Crippen LogP contribution in [-0.4, -0.2) is 12.6 Å². The Hall–Kier alpha value is -2.80. The lowest BCUT2D eigenvalue weighted by atomic mass is 10.1. The molecule has 0 radical (unpaired) electrons. The first kappa shape index (κ1) is 17.0. The van der Waals surface area contributed by atoms with Crippen molar-refractivity contribution < 1.29 is 13.9 Å². The Kier molecular flexibility index (Phi) is 5.04. The summed E-state index contributed by atoms with van der Waals surface area (Å²) in [6.45, 7) is 1.85. The molecule has 3 rings (SSSR count). The van der Waals surface area contributed by atoms with Crippen LogP contribution < -0.4 is 5.63 Å². The van der Waals surface area contributed by atoms with Crippen molar-refractivity contribution in [1.29, 1.82) is 0 Å². The molecule has 0 aliphatic rings. The summed E-state index contributed by atoms with van der Waals surface area (Å²) >= 11 is 3.36. The highest BCUT2D eigenvalue weighted by molar-refractivity contribution is 9.10. The minimum atomic E-state index is -0.727. The number of rotatable bonds is 4. The number of nitrogens with zero attached hydrogens (tertiary/aromatic N) is 2. The van der Waals surface area contributed by atoms with Crippen LogP contribution in [0, 0.1) is 0 Å².